The van der Waals surface area contributed by atoms with E-state index in [0.717, 1.165) is 44.8 Å². The van der Waals surface area contributed by atoms with Crippen molar-refractivity contribution in [3.8, 4) is 40.2 Å². The third-order valence-corrected chi connectivity index (χ3v) is 11.9. The van der Waals surface area contributed by atoms with Crippen molar-refractivity contribution in [2.24, 2.45) is 0 Å². The maximum Gasteiger partial charge on any atom is 0.254 e. The van der Waals surface area contributed by atoms with E-state index in [0.29, 0.717) is 76.3 Å². The standard InChI is InChI=1S/C49H45Cl2N3O8/c1-29-30(2)52-20-18-42(29)61-38-11-5-31(6-12-38)17-19-53-48(55)41-22-35-24-45-46(25-36(35)26-54(41)49(56)34-10-16-43(57-3)44(23-34)58-4)62-47(28-60-45)33-8-13-37(14-9-33)59-27-32-7-15-39(50)40(51)21-32/h5-16,18,20-21,23-25,41,47H,17,19,22,26-28H2,1-4H3,(H,53,55). The molecule has 11 nitrogen and oxygen atoms in total. The number of hydrogen-bond donors (Lipinski definition) is 1. The molecule has 1 aromatic heterocycles. The summed E-state index contributed by atoms with van der Waals surface area (Å²) >= 11 is 12.2. The van der Waals surface area contributed by atoms with E-state index in [1.54, 1.807) is 41.4 Å². The molecule has 0 spiro atoms. The molecule has 0 radical (unpaired) electrons. The Morgan fingerprint density at radius 3 is 2.29 bits per heavy atom. The van der Waals surface area contributed by atoms with E-state index < -0.39 is 6.04 Å². The van der Waals surface area contributed by atoms with Crippen LogP contribution < -0.4 is 33.7 Å². The molecule has 318 valence electrons. The van der Waals surface area contributed by atoms with Gasteiger partial charge in [0.2, 0.25) is 5.91 Å². The molecule has 13 heteroatoms. The molecule has 0 bridgehead atoms. The van der Waals surface area contributed by atoms with Crippen molar-refractivity contribution in [2.75, 3.05) is 27.4 Å². The van der Waals surface area contributed by atoms with Gasteiger partial charge in [0.15, 0.2) is 29.1 Å². The van der Waals surface area contributed by atoms with Gasteiger partial charge < -0.3 is 38.6 Å². The fourth-order valence-electron chi connectivity index (χ4n) is 7.50. The predicted molar refractivity (Wildman–Crippen MR) is 236 cm³/mol. The van der Waals surface area contributed by atoms with Crippen LogP contribution in [0, 0.1) is 13.8 Å². The normalized spacial score (nSPS) is 15.3. The van der Waals surface area contributed by atoms with Crippen LogP contribution in [-0.2, 0) is 30.8 Å². The van der Waals surface area contributed by atoms with Crippen molar-refractivity contribution < 1.29 is 38.0 Å². The first kappa shape index (κ1) is 42.3. The van der Waals surface area contributed by atoms with E-state index in [-0.39, 0.29) is 30.9 Å². The van der Waals surface area contributed by atoms with Crippen LogP contribution in [0.15, 0.2) is 109 Å². The molecule has 0 fully saturated rings. The van der Waals surface area contributed by atoms with Crippen molar-refractivity contribution >= 4 is 35.0 Å². The number of ether oxygens (including phenoxy) is 6. The number of halogens is 2. The molecule has 62 heavy (non-hydrogen) atoms. The maximum atomic E-state index is 14.4. The minimum Gasteiger partial charge on any atom is -0.493 e. The van der Waals surface area contributed by atoms with Crippen LogP contribution in [0.1, 0.15) is 55.5 Å². The summed E-state index contributed by atoms with van der Waals surface area (Å²) in [4.78, 5) is 34.4. The van der Waals surface area contributed by atoms with Crippen LogP contribution in [0.25, 0.3) is 0 Å². The van der Waals surface area contributed by atoms with Crippen LogP contribution in [-0.4, -0.2) is 55.1 Å². The third kappa shape index (κ3) is 9.39. The van der Waals surface area contributed by atoms with Gasteiger partial charge >= 0.3 is 0 Å². The minimum absolute atomic E-state index is 0.171. The second-order valence-corrected chi connectivity index (χ2v) is 15.9. The van der Waals surface area contributed by atoms with Crippen molar-refractivity contribution in [1.82, 2.24) is 15.2 Å². The molecular weight excluding hydrogens is 829 g/mol. The van der Waals surface area contributed by atoms with Gasteiger partial charge in [-0.3, -0.25) is 14.6 Å². The Labute approximate surface area is 370 Å². The first-order valence-electron chi connectivity index (χ1n) is 20.2. The number of carbonyl (C=O) groups is 2. The molecule has 2 aliphatic heterocycles. The Bertz CT molecular complexity index is 2600. The lowest BCUT2D eigenvalue weighted by molar-refractivity contribution is -0.126. The van der Waals surface area contributed by atoms with Gasteiger partial charge in [-0.1, -0.05) is 53.5 Å². The summed E-state index contributed by atoms with van der Waals surface area (Å²) in [5.41, 5.74) is 6.87. The molecule has 0 saturated carbocycles. The van der Waals surface area contributed by atoms with Gasteiger partial charge in [-0.05, 0) is 121 Å². The highest BCUT2D eigenvalue weighted by atomic mass is 35.5. The highest BCUT2D eigenvalue weighted by Gasteiger charge is 2.37. The fraction of sp³-hybridized carbons (Fsp3) is 0.245. The summed E-state index contributed by atoms with van der Waals surface area (Å²) < 4.78 is 35.8. The molecule has 2 unspecified atom stereocenters. The van der Waals surface area contributed by atoms with Gasteiger partial charge in [-0.25, -0.2) is 0 Å². The summed E-state index contributed by atoms with van der Waals surface area (Å²) in [5, 5.41) is 4.07. The molecule has 6 aromatic rings. The molecule has 5 aromatic carbocycles. The van der Waals surface area contributed by atoms with Gasteiger partial charge in [0.25, 0.3) is 5.91 Å². The Kier molecular flexibility index (Phi) is 12.7. The molecule has 0 saturated heterocycles. The number of carbonyl (C=O) groups excluding carboxylic acids is 2. The van der Waals surface area contributed by atoms with Gasteiger partial charge in [0.05, 0.1) is 24.3 Å². The predicted octanol–water partition coefficient (Wildman–Crippen LogP) is 9.83. The number of hydrogen-bond acceptors (Lipinski definition) is 9. The Morgan fingerprint density at radius 1 is 0.790 bits per heavy atom. The summed E-state index contributed by atoms with van der Waals surface area (Å²) in [7, 11) is 3.05. The van der Waals surface area contributed by atoms with Gasteiger partial charge in [0.1, 0.15) is 36.5 Å². The number of nitrogens with zero attached hydrogens (tertiary/aromatic N) is 2. The topological polar surface area (TPSA) is 118 Å². The Morgan fingerprint density at radius 2 is 1.53 bits per heavy atom. The Balaban J connectivity index is 0.960. The Hall–Kier alpha value is -6.43. The number of aryl methyl sites for hydroxylation is 1. The lowest BCUT2D eigenvalue weighted by Crippen LogP contribution is -2.52. The number of methoxy groups -OCH3 is 2. The van der Waals surface area contributed by atoms with E-state index >= 15 is 0 Å². The number of amides is 2. The van der Waals surface area contributed by atoms with Crippen molar-refractivity contribution in [2.45, 2.75) is 52.0 Å². The van der Waals surface area contributed by atoms with Gasteiger partial charge in [-0.15, -0.1) is 0 Å². The van der Waals surface area contributed by atoms with Gasteiger partial charge in [-0.2, -0.15) is 0 Å². The minimum atomic E-state index is -0.793. The lowest BCUT2D eigenvalue weighted by Gasteiger charge is -2.37. The SMILES string of the molecule is COc1ccc(C(=O)N2Cc3cc4c(cc3CC2C(=O)NCCc2ccc(Oc3ccnc(C)c3C)cc2)OCC(c2ccc(OCc3ccc(Cl)c(Cl)c3)cc2)O4)cc1OC. The number of pyridine rings is 1. The number of fused-ring (bicyclic) bond motifs is 2. The zero-order chi connectivity index (χ0) is 43.3. The first-order valence-corrected chi connectivity index (χ1v) is 20.9. The van der Waals surface area contributed by atoms with Crippen LogP contribution in [0.2, 0.25) is 10.0 Å². The van der Waals surface area contributed by atoms with E-state index in [1.807, 2.05) is 86.6 Å². The monoisotopic (exact) mass is 873 g/mol. The first-order chi connectivity index (χ1) is 30.1. The zero-order valence-electron chi connectivity index (χ0n) is 34.7. The zero-order valence-corrected chi connectivity index (χ0v) is 36.2. The molecule has 1 N–H and O–H groups in total. The number of rotatable bonds is 13. The van der Waals surface area contributed by atoms with E-state index in [1.165, 1.54) is 14.2 Å². The second-order valence-electron chi connectivity index (χ2n) is 15.1. The summed E-state index contributed by atoms with van der Waals surface area (Å²) in [6.07, 6.45) is 2.22. The smallest absolute Gasteiger partial charge is 0.254 e. The van der Waals surface area contributed by atoms with Gasteiger partial charge in [0, 0.05) is 42.5 Å². The lowest BCUT2D eigenvalue weighted by atomic mass is 9.91. The van der Waals surface area contributed by atoms with Crippen LogP contribution in [0.5, 0.6) is 40.2 Å². The fourth-order valence-corrected chi connectivity index (χ4v) is 7.82. The molecule has 8 rings (SSSR count). The van der Waals surface area contributed by atoms with Crippen LogP contribution >= 0.6 is 23.2 Å². The number of aromatic nitrogens is 1. The largest absolute Gasteiger partial charge is 0.493 e. The molecule has 2 atom stereocenters. The van der Waals surface area contributed by atoms with E-state index in [9.17, 15) is 9.59 Å². The average Bonchev–Trinajstić information content (AvgIpc) is 3.29. The van der Waals surface area contributed by atoms with Crippen molar-refractivity contribution in [3.63, 3.8) is 0 Å². The molecule has 3 heterocycles. The van der Waals surface area contributed by atoms with Crippen LogP contribution in [0.4, 0.5) is 0 Å². The van der Waals surface area contributed by atoms with E-state index in [2.05, 4.69) is 10.3 Å². The maximum absolute atomic E-state index is 14.4. The molecule has 0 aliphatic carbocycles. The van der Waals surface area contributed by atoms with Crippen molar-refractivity contribution in [3.05, 3.63) is 164 Å². The number of nitrogens with one attached hydrogen (secondary N) is 1. The highest BCUT2D eigenvalue weighted by Crippen LogP contribution is 2.41. The number of benzene rings is 5. The van der Waals surface area contributed by atoms with E-state index in [4.69, 9.17) is 51.6 Å². The summed E-state index contributed by atoms with van der Waals surface area (Å²) in [6, 6.07) is 30.8. The second kappa shape index (κ2) is 18.7. The van der Waals surface area contributed by atoms with Crippen LogP contribution in [0.3, 0.4) is 0 Å². The van der Waals surface area contributed by atoms with Crippen molar-refractivity contribution in [1.29, 1.82) is 0 Å². The molecule has 2 aliphatic rings. The summed E-state index contributed by atoms with van der Waals surface area (Å²) in [6.45, 7) is 5.10. The quantitative estimate of drug-likeness (QED) is 0.121. The third-order valence-electron chi connectivity index (χ3n) is 11.2. The summed E-state index contributed by atoms with van der Waals surface area (Å²) in [5.74, 6) is 3.63. The molecule has 2 amide bonds. The highest BCUT2D eigenvalue weighted by molar-refractivity contribution is 6.42. The average molecular weight is 875 g/mol. The molecular formula is C49H45Cl2N3O8.